The number of imidazole rings is 1. The van der Waals surface area contributed by atoms with Crippen LogP contribution in [0.25, 0.3) is 0 Å². The third kappa shape index (κ3) is 4.10. The molecule has 0 amide bonds. The Morgan fingerprint density at radius 1 is 1.77 bits per heavy atom. The molecule has 72 valence electrons. The monoisotopic (exact) mass is 199 g/mol. The molecule has 13 heavy (non-hydrogen) atoms. The van der Waals surface area contributed by atoms with E-state index in [0.29, 0.717) is 6.54 Å². The summed E-state index contributed by atoms with van der Waals surface area (Å²) in [5, 5.41) is -0.109. The summed E-state index contributed by atoms with van der Waals surface area (Å²) in [6.45, 7) is 1.18. The first kappa shape index (κ1) is 10.3. The smallest absolute Gasteiger partial charge is 0.199 e. The number of aromatic nitrogens is 2. The van der Waals surface area contributed by atoms with Crippen LogP contribution in [-0.2, 0) is 11.2 Å². The molecule has 1 rings (SSSR count). The number of nitrogens with one attached hydrogen (secondary N) is 1. The van der Waals surface area contributed by atoms with E-state index in [-0.39, 0.29) is 5.12 Å². The normalized spacial score (nSPS) is 10.7. The van der Waals surface area contributed by atoms with E-state index in [0.717, 1.165) is 18.8 Å². The largest absolute Gasteiger partial charge is 0.349 e. The van der Waals surface area contributed by atoms with Crippen molar-refractivity contribution in [1.82, 2.24) is 14.9 Å². The van der Waals surface area contributed by atoms with Gasteiger partial charge in [-0.3, -0.25) is 9.69 Å². The van der Waals surface area contributed by atoms with Crippen molar-refractivity contribution in [3.63, 3.8) is 0 Å². The molecule has 0 atom stereocenters. The van der Waals surface area contributed by atoms with Crippen LogP contribution < -0.4 is 0 Å². The van der Waals surface area contributed by atoms with Crippen LogP contribution in [0.15, 0.2) is 12.4 Å². The molecule has 0 aliphatic carbocycles. The second kappa shape index (κ2) is 5.04. The van der Waals surface area contributed by atoms with Crippen molar-refractivity contribution in [2.24, 2.45) is 0 Å². The summed E-state index contributed by atoms with van der Waals surface area (Å²) in [4.78, 5) is 19.6. The maximum absolute atomic E-state index is 10.6. The SMILES string of the molecule is CN(CCc1ncc[nH]1)CC(=O)S. The van der Waals surface area contributed by atoms with Gasteiger partial charge in [0, 0.05) is 25.4 Å². The van der Waals surface area contributed by atoms with Gasteiger partial charge in [0.15, 0.2) is 5.12 Å². The van der Waals surface area contributed by atoms with Crippen LogP contribution in [0, 0.1) is 0 Å². The molecule has 1 N–H and O–H groups in total. The van der Waals surface area contributed by atoms with Gasteiger partial charge in [0.25, 0.3) is 0 Å². The molecular formula is C8H13N3OS. The highest BCUT2D eigenvalue weighted by atomic mass is 32.1. The van der Waals surface area contributed by atoms with E-state index in [1.165, 1.54) is 0 Å². The predicted molar refractivity (Wildman–Crippen MR) is 53.8 cm³/mol. The number of carbonyl (C=O) groups is 1. The third-order valence-corrected chi connectivity index (χ3v) is 1.83. The Hall–Kier alpha value is -0.810. The molecule has 0 saturated heterocycles. The fraction of sp³-hybridized carbons (Fsp3) is 0.500. The van der Waals surface area contributed by atoms with Crippen molar-refractivity contribution in [3.8, 4) is 0 Å². The molecular weight excluding hydrogens is 186 g/mol. The van der Waals surface area contributed by atoms with Gasteiger partial charge in [0.2, 0.25) is 0 Å². The van der Waals surface area contributed by atoms with Crippen molar-refractivity contribution >= 4 is 17.7 Å². The van der Waals surface area contributed by atoms with E-state index in [4.69, 9.17) is 0 Å². The Labute approximate surface area is 82.8 Å². The highest BCUT2D eigenvalue weighted by Gasteiger charge is 2.03. The molecule has 1 aromatic heterocycles. The number of nitrogens with zero attached hydrogens (tertiary/aromatic N) is 2. The summed E-state index contributed by atoms with van der Waals surface area (Å²) < 4.78 is 0. The Morgan fingerprint density at radius 3 is 3.08 bits per heavy atom. The Kier molecular flexibility index (Phi) is 3.98. The number of hydrogen-bond donors (Lipinski definition) is 2. The van der Waals surface area contributed by atoms with Crippen LogP contribution >= 0.6 is 12.6 Å². The summed E-state index contributed by atoms with van der Waals surface area (Å²) in [6, 6.07) is 0. The summed E-state index contributed by atoms with van der Waals surface area (Å²) in [5.41, 5.74) is 0. The minimum atomic E-state index is -0.109. The minimum Gasteiger partial charge on any atom is -0.349 e. The second-order valence-electron chi connectivity index (χ2n) is 2.92. The predicted octanol–water partition coefficient (Wildman–Crippen LogP) is 0.340. The molecule has 0 aromatic carbocycles. The van der Waals surface area contributed by atoms with Crippen LogP contribution in [-0.4, -0.2) is 40.1 Å². The van der Waals surface area contributed by atoms with Crippen LogP contribution in [0.5, 0.6) is 0 Å². The van der Waals surface area contributed by atoms with Gasteiger partial charge in [-0.25, -0.2) is 4.98 Å². The van der Waals surface area contributed by atoms with Crippen molar-refractivity contribution in [2.75, 3.05) is 20.1 Å². The van der Waals surface area contributed by atoms with Crippen molar-refractivity contribution < 1.29 is 4.79 Å². The molecule has 0 unspecified atom stereocenters. The summed E-state index contributed by atoms with van der Waals surface area (Å²) in [7, 11) is 1.89. The molecule has 0 aliphatic rings. The summed E-state index contributed by atoms with van der Waals surface area (Å²) >= 11 is 3.70. The van der Waals surface area contributed by atoms with Gasteiger partial charge in [-0.1, -0.05) is 0 Å². The maximum atomic E-state index is 10.6. The molecule has 0 fully saturated rings. The number of H-pyrrole nitrogens is 1. The molecule has 0 bridgehead atoms. The fourth-order valence-corrected chi connectivity index (χ4v) is 1.28. The molecule has 1 aromatic rings. The molecule has 0 radical (unpaired) electrons. The molecule has 0 saturated carbocycles. The first-order valence-corrected chi connectivity index (χ1v) is 4.52. The van der Waals surface area contributed by atoms with Crippen LogP contribution in [0.2, 0.25) is 0 Å². The van der Waals surface area contributed by atoms with Gasteiger partial charge in [0.05, 0.1) is 6.54 Å². The van der Waals surface area contributed by atoms with Crippen molar-refractivity contribution in [3.05, 3.63) is 18.2 Å². The van der Waals surface area contributed by atoms with Gasteiger partial charge in [-0.2, -0.15) is 0 Å². The lowest BCUT2D eigenvalue weighted by molar-refractivity contribution is -0.111. The zero-order chi connectivity index (χ0) is 9.68. The Morgan fingerprint density at radius 2 is 2.54 bits per heavy atom. The number of carbonyl (C=O) groups excluding carboxylic acids is 1. The summed E-state index contributed by atoms with van der Waals surface area (Å²) in [5.74, 6) is 0.943. The average molecular weight is 199 g/mol. The van der Waals surface area contributed by atoms with E-state index >= 15 is 0 Å². The van der Waals surface area contributed by atoms with E-state index < -0.39 is 0 Å². The lowest BCUT2D eigenvalue weighted by Gasteiger charge is -2.12. The van der Waals surface area contributed by atoms with E-state index in [2.05, 4.69) is 22.6 Å². The van der Waals surface area contributed by atoms with Crippen LogP contribution in [0.1, 0.15) is 5.82 Å². The van der Waals surface area contributed by atoms with Gasteiger partial charge in [-0.05, 0) is 7.05 Å². The maximum Gasteiger partial charge on any atom is 0.199 e. The number of aromatic amines is 1. The second-order valence-corrected chi connectivity index (χ2v) is 3.42. The lowest BCUT2D eigenvalue weighted by Crippen LogP contribution is -2.26. The fourth-order valence-electron chi connectivity index (χ4n) is 1.04. The zero-order valence-electron chi connectivity index (χ0n) is 7.53. The average Bonchev–Trinajstić information content (AvgIpc) is 2.51. The van der Waals surface area contributed by atoms with E-state index in [9.17, 15) is 4.79 Å². The van der Waals surface area contributed by atoms with Crippen LogP contribution in [0.4, 0.5) is 0 Å². The highest BCUT2D eigenvalue weighted by molar-refractivity contribution is 7.96. The topological polar surface area (TPSA) is 49.0 Å². The van der Waals surface area contributed by atoms with Crippen molar-refractivity contribution in [1.29, 1.82) is 0 Å². The number of thiol groups is 1. The molecule has 4 nitrogen and oxygen atoms in total. The highest BCUT2D eigenvalue weighted by Crippen LogP contribution is 1.93. The molecule has 0 aliphatic heterocycles. The molecule has 1 heterocycles. The first-order valence-electron chi connectivity index (χ1n) is 4.07. The van der Waals surface area contributed by atoms with E-state index in [1.807, 2.05) is 11.9 Å². The zero-order valence-corrected chi connectivity index (χ0v) is 8.42. The molecule has 0 spiro atoms. The van der Waals surface area contributed by atoms with Crippen LogP contribution in [0.3, 0.4) is 0 Å². The Balaban J connectivity index is 2.22. The van der Waals surface area contributed by atoms with Gasteiger partial charge in [0.1, 0.15) is 5.82 Å². The first-order chi connectivity index (χ1) is 6.18. The Bertz CT molecular complexity index is 260. The standard InChI is InChI=1S/C8H13N3OS/c1-11(6-8(12)13)5-2-7-9-3-4-10-7/h3-4H,2,5-6H2,1H3,(H,9,10)(H,12,13). The third-order valence-electron chi connectivity index (χ3n) is 1.69. The number of rotatable bonds is 5. The summed E-state index contributed by atoms with van der Waals surface area (Å²) in [6.07, 6.45) is 4.34. The van der Waals surface area contributed by atoms with Gasteiger partial charge >= 0.3 is 0 Å². The van der Waals surface area contributed by atoms with Gasteiger partial charge in [-0.15, -0.1) is 12.6 Å². The molecule has 5 heteroatoms. The number of likely N-dealkylation sites (N-methyl/N-ethyl adjacent to an activating group) is 1. The number of hydrogen-bond acceptors (Lipinski definition) is 3. The lowest BCUT2D eigenvalue weighted by atomic mass is 10.4. The quantitative estimate of drug-likeness (QED) is 0.672. The van der Waals surface area contributed by atoms with Gasteiger partial charge < -0.3 is 4.98 Å². The minimum absolute atomic E-state index is 0.109. The van der Waals surface area contributed by atoms with Crippen molar-refractivity contribution in [2.45, 2.75) is 6.42 Å². The van der Waals surface area contributed by atoms with E-state index in [1.54, 1.807) is 12.4 Å².